The van der Waals surface area contributed by atoms with E-state index in [1.807, 2.05) is 12.1 Å². The molecule has 0 unspecified atom stereocenters. The van der Waals surface area contributed by atoms with E-state index in [1.165, 1.54) is 6.42 Å². The highest BCUT2D eigenvalue weighted by atomic mass is 127. The molecule has 0 atom stereocenters. The molecule has 1 aromatic rings. The van der Waals surface area contributed by atoms with Crippen molar-refractivity contribution in [1.29, 1.82) is 0 Å². The maximum atomic E-state index is 4.65. The van der Waals surface area contributed by atoms with Crippen LogP contribution in [0.25, 0.3) is 0 Å². The number of rotatable bonds is 10. The molecule has 22 heavy (non-hydrogen) atoms. The molecule has 5 nitrogen and oxygen atoms in total. The van der Waals surface area contributed by atoms with Gasteiger partial charge in [-0.25, -0.2) is 0 Å². The number of aromatic nitrogens is 1. The molecule has 0 aliphatic carbocycles. The predicted octanol–water partition coefficient (Wildman–Crippen LogP) is 2.39. The molecule has 0 saturated carbocycles. The third-order valence-corrected chi connectivity index (χ3v) is 3.35. The maximum Gasteiger partial charge on any atom is 0.191 e. The number of nitrogens with zero attached hydrogens (tertiary/aromatic N) is 3. The summed E-state index contributed by atoms with van der Waals surface area (Å²) in [6.07, 6.45) is 5.36. The Morgan fingerprint density at radius 2 is 1.82 bits per heavy atom. The molecule has 0 spiro atoms. The van der Waals surface area contributed by atoms with E-state index in [0.717, 1.165) is 51.8 Å². The minimum Gasteiger partial charge on any atom is -0.357 e. The van der Waals surface area contributed by atoms with Crippen LogP contribution in [0.5, 0.6) is 0 Å². The minimum absolute atomic E-state index is 0. The Balaban J connectivity index is 0.00000441. The van der Waals surface area contributed by atoms with Crippen molar-refractivity contribution >= 4 is 29.9 Å². The van der Waals surface area contributed by atoms with Gasteiger partial charge in [-0.2, -0.15) is 0 Å². The topological polar surface area (TPSA) is 44.6 Å². The second-order valence-electron chi connectivity index (χ2n) is 5.04. The Morgan fingerprint density at radius 3 is 2.41 bits per heavy atom. The summed E-state index contributed by atoms with van der Waals surface area (Å²) >= 11 is 0. The molecule has 6 heteroatoms. The summed E-state index contributed by atoms with van der Waals surface area (Å²) in [6, 6.07) is 4.10. The number of hydrogen-bond acceptors (Lipinski definition) is 2. The van der Waals surface area contributed by atoms with Crippen LogP contribution in [0.4, 0.5) is 0 Å². The van der Waals surface area contributed by atoms with E-state index in [-0.39, 0.29) is 24.0 Å². The van der Waals surface area contributed by atoms with Gasteiger partial charge in [-0.05, 0) is 38.6 Å². The molecular weight excluding hydrogens is 389 g/mol. The molecule has 0 saturated heterocycles. The third kappa shape index (κ3) is 9.30. The van der Waals surface area contributed by atoms with E-state index in [1.54, 1.807) is 0 Å². The van der Waals surface area contributed by atoms with Crippen LogP contribution in [0.2, 0.25) is 0 Å². The largest absolute Gasteiger partial charge is 0.357 e. The first-order chi connectivity index (χ1) is 10.3. The summed E-state index contributed by atoms with van der Waals surface area (Å²) in [5.41, 5.74) is 0. The van der Waals surface area contributed by atoms with Gasteiger partial charge in [0.1, 0.15) is 0 Å². The molecule has 0 radical (unpaired) electrons. The molecule has 0 aromatic carbocycles. The Labute approximate surface area is 152 Å². The third-order valence-electron chi connectivity index (χ3n) is 3.35. The number of nitrogens with one attached hydrogen (secondary N) is 2. The summed E-state index contributed by atoms with van der Waals surface area (Å²) in [6.45, 7) is 13.4. The van der Waals surface area contributed by atoms with Gasteiger partial charge >= 0.3 is 0 Å². The summed E-state index contributed by atoms with van der Waals surface area (Å²) in [4.78, 5) is 7.08. The van der Waals surface area contributed by atoms with E-state index in [4.69, 9.17) is 0 Å². The number of hydrogen-bond donors (Lipinski definition) is 2. The van der Waals surface area contributed by atoms with Crippen molar-refractivity contribution in [2.24, 2.45) is 4.99 Å². The van der Waals surface area contributed by atoms with Gasteiger partial charge in [0, 0.05) is 38.6 Å². The van der Waals surface area contributed by atoms with Gasteiger partial charge in [-0.3, -0.25) is 4.99 Å². The van der Waals surface area contributed by atoms with Gasteiger partial charge in [0.2, 0.25) is 0 Å². The highest BCUT2D eigenvalue weighted by Gasteiger charge is 2.01. The highest BCUT2D eigenvalue weighted by molar-refractivity contribution is 14.0. The summed E-state index contributed by atoms with van der Waals surface area (Å²) in [5, 5.41) is 6.68. The van der Waals surface area contributed by atoms with Gasteiger partial charge in [0.25, 0.3) is 0 Å². The first-order valence-electron chi connectivity index (χ1n) is 8.15. The maximum absolute atomic E-state index is 4.65. The van der Waals surface area contributed by atoms with E-state index in [2.05, 4.69) is 58.3 Å². The smallest absolute Gasteiger partial charge is 0.191 e. The monoisotopic (exact) mass is 421 g/mol. The molecule has 2 N–H and O–H groups in total. The molecular formula is C16H32IN5. The zero-order valence-electron chi connectivity index (χ0n) is 14.2. The van der Waals surface area contributed by atoms with Crippen molar-refractivity contribution in [3.63, 3.8) is 0 Å². The highest BCUT2D eigenvalue weighted by Crippen LogP contribution is 1.91. The normalized spacial score (nSPS) is 11.4. The van der Waals surface area contributed by atoms with Crippen LogP contribution in [0.1, 0.15) is 27.2 Å². The van der Waals surface area contributed by atoms with Crippen LogP contribution in [-0.4, -0.2) is 54.7 Å². The van der Waals surface area contributed by atoms with Gasteiger partial charge in [-0.1, -0.05) is 13.8 Å². The second-order valence-corrected chi connectivity index (χ2v) is 5.04. The fourth-order valence-electron chi connectivity index (χ4n) is 2.21. The SMILES string of the molecule is CCCN(CC)CCN=C(NCC)NCCn1cccc1.I. The second kappa shape index (κ2) is 13.9. The van der Waals surface area contributed by atoms with Crippen molar-refractivity contribution in [3.8, 4) is 0 Å². The lowest BCUT2D eigenvalue weighted by Gasteiger charge is -2.18. The molecule has 1 aromatic heterocycles. The van der Waals surface area contributed by atoms with Gasteiger partial charge in [-0.15, -0.1) is 24.0 Å². The zero-order valence-corrected chi connectivity index (χ0v) is 16.5. The van der Waals surface area contributed by atoms with Crippen molar-refractivity contribution in [2.45, 2.75) is 33.7 Å². The molecule has 128 valence electrons. The minimum atomic E-state index is 0. The fraction of sp³-hybridized carbons (Fsp3) is 0.688. The zero-order chi connectivity index (χ0) is 15.3. The van der Waals surface area contributed by atoms with Gasteiger partial charge in [0.05, 0.1) is 6.54 Å². The Kier molecular flexibility index (Phi) is 13.4. The van der Waals surface area contributed by atoms with Gasteiger partial charge < -0.3 is 20.1 Å². The van der Waals surface area contributed by atoms with E-state index >= 15 is 0 Å². The van der Waals surface area contributed by atoms with E-state index in [0.29, 0.717) is 0 Å². The molecule has 0 aliphatic rings. The van der Waals surface area contributed by atoms with E-state index in [9.17, 15) is 0 Å². The first kappa shape index (κ1) is 21.2. The van der Waals surface area contributed by atoms with Crippen molar-refractivity contribution in [2.75, 3.05) is 39.3 Å². The molecule has 1 rings (SSSR count). The Bertz CT molecular complexity index is 378. The van der Waals surface area contributed by atoms with Crippen LogP contribution >= 0.6 is 24.0 Å². The Hall–Kier alpha value is -0.760. The first-order valence-corrected chi connectivity index (χ1v) is 8.15. The lowest BCUT2D eigenvalue weighted by molar-refractivity contribution is 0.297. The summed E-state index contributed by atoms with van der Waals surface area (Å²) in [7, 11) is 0. The lowest BCUT2D eigenvalue weighted by atomic mass is 10.4. The quantitative estimate of drug-likeness (QED) is 0.347. The lowest BCUT2D eigenvalue weighted by Crippen LogP contribution is -2.39. The number of aliphatic imine (C=N–C) groups is 1. The molecule has 0 amide bonds. The van der Waals surface area contributed by atoms with Crippen LogP contribution in [0.3, 0.4) is 0 Å². The Morgan fingerprint density at radius 1 is 1.09 bits per heavy atom. The summed E-state index contributed by atoms with van der Waals surface area (Å²) in [5.74, 6) is 0.914. The van der Waals surface area contributed by atoms with Crippen molar-refractivity contribution in [1.82, 2.24) is 20.1 Å². The van der Waals surface area contributed by atoms with Crippen molar-refractivity contribution < 1.29 is 0 Å². The molecule has 0 fully saturated rings. The fourth-order valence-corrected chi connectivity index (χ4v) is 2.21. The average Bonchev–Trinajstić information content (AvgIpc) is 2.99. The van der Waals surface area contributed by atoms with Crippen LogP contribution < -0.4 is 10.6 Å². The van der Waals surface area contributed by atoms with E-state index < -0.39 is 0 Å². The summed E-state index contributed by atoms with van der Waals surface area (Å²) < 4.78 is 2.16. The molecule has 1 heterocycles. The number of halogens is 1. The van der Waals surface area contributed by atoms with Crippen LogP contribution in [0.15, 0.2) is 29.5 Å². The van der Waals surface area contributed by atoms with Crippen LogP contribution in [0, 0.1) is 0 Å². The van der Waals surface area contributed by atoms with Crippen LogP contribution in [-0.2, 0) is 6.54 Å². The van der Waals surface area contributed by atoms with Crippen molar-refractivity contribution in [3.05, 3.63) is 24.5 Å². The number of likely N-dealkylation sites (N-methyl/N-ethyl adjacent to an activating group) is 1. The predicted molar refractivity (Wildman–Crippen MR) is 106 cm³/mol. The standard InChI is InChI=1S/C16H31N5.HI/c1-4-11-20(6-3)14-9-18-16(17-5-2)19-10-15-21-12-7-8-13-21;/h7-8,12-13H,4-6,9-11,14-15H2,1-3H3,(H2,17,18,19);1H. The number of guanidine groups is 1. The average molecular weight is 421 g/mol. The molecule has 0 bridgehead atoms. The van der Waals surface area contributed by atoms with Gasteiger partial charge in [0.15, 0.2) is 5.96 Å². The molecule has 0 aliphatic heterocycles.